The van der Waals surface area contributed by atoms with E-state index in [1.807, 2.05) is 0 Å². The fraction of sp³-hybridized carbons (Fsp3) is 0.188. The third kappa shape index (κ3) is 4.29. The molecule has 4 nitrogen and oxygen atoms in total. The quantitative estimate of drug-likeness (QED) is 0.730. The van der Waals surface area contributed by atoms with Crippen molar-refractivity contribution in [3.8, 4) is 11.5 Å². The zero-order chi connectivity index (χ0) is 16.3. The van der Waals surface area contributed by atoms with Gasteiger partial charge in [0.2, 0.25) is 5.91 Å². The van der Waals surface area contributed by atoms with Gasteiger partial charge in [-0.05, 0) is 42.3 Å². The van der Waals surface area contributed by atoms with Crippen LogP contribution in [0.1, 0.15) is 12.5 Å². The first-order valence-corrected chi connectivity index (χ1v) is 7.38. The summed E-state index contributed by atoms with van der Waals surface area (Å²) in [4.78, 5) is 12.2. The van der Waals surface area contributed by atoms with Gasteiger partial charge in [0, 0.05) is 21.7 Å². The molecule has 22 heavy (non-hydrogen) atoms. The highest BCUT2D eigenvalue weighted by molar-refractivity contribution is 6.35. The van der Waals surface area contributed by atoms with E-state index in [-0.39, 0.29) is 23.3 Å². The van der Waals surface area contributed by atoms with Gasteiger partial charge in [-0.1, -0.05) is 36.2 Å². The molecule has 2 aromatic carbocycles. The lowest BCUT2D eigenvalue weighted by Crippen LogP contribution is -2.22. The summed E-state index contributed by atoms with van der Waals surface area (Å²) in [5.41, 5.74) is 1.28. The number of hydrogen-bond donors (Lipinski definition) is 3. The lowest BCUT2D eigenvalue weighted by Gasteiger charge is -2.13. The lowest BCUT2D eigenvalue weighted by atomic mass is 10.00. The van der Waals surface area contributed by atoms with Crippen LogP contribution < -0.4 is 5.32 Å². The number of phenolic OH excluding ortho intramolecular Hbond substituents is 2. The Labute approximate surface area is 138 Å². The third-order valence-corrected chi connectivity index (χ3v) is 3.60. The van der Waals surface area contributed by atoms with E-state index in [1.54, 1.807) is 31.2 Å². The van der Waals surface area contributed by atoms with Crippen molar-refractivity contribution >= 4 is 34.8 Å². The van der Waals surface area contributed by atoms with E-state index >= 15 is 0 Å². The minimum atomic E-state index is -0.332. The molecule has 0 heterocycles. The maximum Gasteiger partial charge on any atom is 0.227 e. The van der Waals surface area contributed by atoms with Crippen molar-refractivity contribution in [2.45, 2.75) is 13.3 Å². The summed E-state index contributed by atoms with van der Waals surface area (Å²) in [5, 5.41) is 22.4. The molecule has 3 N–H and O–H groups in total. The summed E-state index contributed by atoms with van der Waals surface area (Å²) < 4.78 is 0. The molecule has 0 fully saturated rings. The smallest absolute Gasteiger partial charge is 0.227 e. The largest absolute Gasteiger partial charge is 0.504 e. The van der Waals surface area contributed by atoms with Gasteiger partial charge in [-0.2, -0.15) is 0 Å². The number of rotatable bonds is 4. The topological polar surface area (TPSA) is 69.6 Å². The maximum absolute atomic E-state index is 12.2. The average molecular weight is 340 g/mol. The Kier molecular flexibility index (Phi) is 5.16. The van der Waals surface area contributed by atoms with Gasteiger partial charge >= 0.3 is 0 Å². The van der Waals surface area contributed by atoms with Crippen molar-refractivity contribution in [2.24, 2.45) is 5.92 Å². The van der Waals surface area contributed by atoms with Gasteiger partial charge in [0.25, 0.3) is 0 Å². The normalized spacial score (nSPS) is 12.0. The SMILES string of the molecule is CC(Cc1ccc(O)c(O)c1)C(=O)Nc1cc(Cl)cc(Cl)c1. The number of hydrogen-bond acceptors (Lipinski definition) is 3. The molecule has 116 valence electrons. The Hall–Kier alpha value is -1.91. The fourth-order valence-corrected chi connectivity index (χ4v) is 2.56. The van der Waals surface area contributed by atoms with Crippen LogP contribution in [0.3, 0.4) is 0 Å². The Morgan fingerprint density at radius 1 is 1.09 bits per heavy atom. The van der Waals surface area contributed by atoms with Crippen molar-refractivity contribution in [2.75, 3.05) is 5.32 Å². The summed E-state index contributed by atoms with van der Waals surface area (Å²) in [6, 6.07) is 9.31. The van der Waals surface area contributed by atoms with Crippen LogP contribution >= 0.6 is 23.2 Å². The minimum Gasteiger partial charge on any atom is -0.504 e. The maximum atomic E-state index is 12.2. The highest BCUT2D eigenvalue weighted by atomic mass is 35.5. The van der Waals surface area contributed by atoms with Gasteiger partial charge in [-0.3, -0.25) is 4.79 Å². The monoisotopic (exact) mass is 339 g/mol. The molecule has 0 bridgehead atoms. The fourth-order valence-electron chi connectivity index (χ4n) is 2.03. The molecule has 1 unspecified atom stereocenters. The zero-order valence-corrected chi connectivity index (χ0v) is 13.3. The standard InChI is InChI=1S/C16H15Cl2NO3/c1-9(4-10-2-3-14(20)15(21)5-10)16(22)19-13-7-11(17)6-12(18)8-13/h2-3,5-9,20-21H,4H2,1H3,(H,19,22). The summed E-state index contributed by atoms with van der Waals surface area (Å²) in [5.74, 6) is -0.909. The molecule has 0 saturated carbocycles. The molecular formula is C16H15Cl2NO3. The van der Waals surface area contributed by atoms with E-state index in [0.29, 0.717) is 22.2 Å². The number of aromatic hydroxyl groups is 2. The van der Waals surface area contributed by atoms with Gasteiger partial charge in [0.15, 0.2) is 11.5 Å². The molecular weight excluding hydrogens is 325 g/mol. The molecule has 0 aliphatic rings. The molecule has 0 aliphatic carbocycles. The van der Waals surface area contributed by atoms with Crippen LogP contribution in [0.25, 0.3) is 0 Å². The summed E-state index contributed by atoms with van der Waals surface area (Å²) in [7, 11) is 0. The Bertz CT molecular complexity index is 684. The van der Waals surface area contributed by atoms with Crippen molar-refractivity contribution < 1.29 is 15.0 Å². The third-order valence-electron chi connectivity index (χ3n) is 3.16. The van der Waals surface area contributed by atoms with E-state index in [2.05, 4.69) is 5.32 Å². The Morgan fingerprint density at radius 3 is 2.32 bits per heavy atom. The second-order valence-corrected chi connectivity index (χ2v) is 5.95. The molecule has 0 radical (unpaired) electrons. The van der Waals surface area contributed by atoms with E-state index in [0.717, 1.165) is 5.56 Å². The van der Waals surface area contributed by atoms with Crippen molar-refractivity contribution in [3.63, 3.8) is 0 Å². The second kappa shape index (κ2) is 6.90. The zero-order valence-electron chi connectivity index (χ0n) is 11.8. The number of anilines is 1. The summed E-state index contributed by atoms with van der Waals surface area (Å²) in [6.45, 7) is 1.77. The highest BCUT2D eigenvalue weighted by Gasteiger charge is 2.15. The molecule has 0 spiro atoms. The summed E-state index contributed by atoms with van der Waals surface area (Å²) in [6.07, 6.45) is 0.425. The predicted octanol–water partition coefficient (Wildman–Crippen LogP) is 4.22. The van der Waals surface area contributed by atoms with Crippen LogP contribution in [-0.4, -0.2) is 16.1 Å². The Balaban J connectivity index is 2.04. The number of benzene rings is 2. The van der Waals surface area contributed by atoms with Crippen LogP contribution in [-0.2, 0) is 11.2 Å². The van der Waals surface area contributed by atoms with E-state index < -0.39 is 0 Å². The molecule has 2 rings (SSSR count). The van der Waals surface area contributed by atoms with Crippen LogP contribution in [0.5, 0.6) is 11.5 Å². The first-order chi connectivity index (χ1) is 10.3. The van der Waals surface area contributed by atoms with Crippen LogP contribution in [0, 0.1) is 5.92 Å². The molecule has 6 heteroatoms. The van der Waals surface area contributed by atoms with Crippen LogP contribution in [0.4, 0.5) is 5.69 Å². The summed E-state index contributed by atoms with van der Waals surface area (Å²) >= 11 is 11.8. The van der Waals surface area contributed by atoms with Gasteiger partial charge in [0.05, 0.1) is 0 Å². The molecule has 1 atom stereocenters. The number of nitrogens with one attached hydrogen (secondary N) is 1. The van der Waals surface area contributed by atoms with Crippen molar-refractivity contribution in [1.82, 2.24) is 0 Å². The van der Waals surface area contributed by atoms with E-state index in [9.17, 15) is 15.0 Å². The highest BCUT2D eigenvalue weighted by Crippen LogP contribution is 2.27. The first kappa shape index (κ1) is 16.5. The first-order valence-electron chi connectivity index (χ1n) is 6.63. The minimum absolute atomic E-state index is 0.186. The second-order valence-electron chi connectivity index (χ2n) is 5.08. The number of phenols is 2. The number of amides is 1. The van der Waals surface area contributed by atoms with Gasteiger partial charge in [-0.15, -0.1) is 0 Å². The van der Waals surface area contributed by atoms with Gasteiger partial charge in [-0.25, -0.2) is 0 Å². The average Bonchev–Trinajstić information content (AvgIpc) is 2.41. The van der Waals surface area contributed by atoms with Crippen molar-refractivity contribution in [3.05, 3.63) is 52.0 Å². The van der Waals surface area contributed by atoms with Crippen molar-refractivity contribution in [1.29, 1.82) is 0 Å². The van der Waals surface area contributed by atoms with Crippen LogP contribution in [0.15, 0.2) is 36.4 Å². The predicted molar refractivity (Wildman–Crippen MR) is 87.7 cm³/mol. The number of halogens is 2. The number of carbonyl (C=O) groups is 1. The molecule has 2 aromatic rings. The lowest BCUT2D eigenvalue weighted by molar-refractivity contribution is -0.119. The van der Waals surface area contributed by atoms with Gasteiger partial charge in [0.1, 0.15) is 0 Å². The van der Waals surface area contributed by atoms with Crippen LogP contribution in [0.2, 0.25) is 10.0 Å². The molecule has 0 saturated heterocycles. The molecule has 1 amide bonds. The van der Waals surface area contributed by atoms with E-state index in [1.165, 1.54) is 12.1 Å². The molecule has 0 aromatic heterocycles. The van der Waals surface area contributed by atoms with Gasteiger partial charge < -0.3 is 15.5 Å². The van der Waals surface area contributed by atoms with E-state index in [4.69, 9.17) is 23.2 Å². The molecule has 0 aliphatic heterocycles. The number of carbonyl (C=O) groups excluding carboxylic acids is 1. The Morgan fingerprint density at radius 2 is 1.73 bits per heavy atom.